The molecule has 2 aliphatic rings. The van der Waals surface area contributed by atoms with Gasteiger partial charge in [0.1, 0.15) is 0 Å². The van der Waals surface area contributed by atoms with E-state index in [-0.39, 0.29) is 11.9 Å². The van der Waals surface area contributed by atoms with Gasteiger partial charge in [0, 0.05) is 25.7 Å². The molecule has 3 atom stereocenters. The lowest BCUT2D eigenvalue weighted by atomic mass is 10.1. The van der Waals surface area contributed by atoms with E-state index in [1.54, 1.807) is 0 Å². The van der Waals surface area contributed by atoms with Crippen LogP contribution in [-0.4, -0.2) is 46.0 Å². The third-order valence-electron chi connectivity index (χ3n) is 4.44. The first-order chi connectivity index (χ1) is 9.57. The molecule has 0 radical (unpaired) electrons. The molecule has 0 aromatic rings. The van der Waals surface area contributed by atoms with Crippen LogP contribution in [0.25, 0.3) is 0 Å². The lowest BCUT2D eigenvalue weighted by Crippen LogP contribution is -2.40. The predicted octanol–water partition coefficient (Wildman–Crippen LogP) is 1.25. The SMILES string of the molecule is C[C@@H]1CCC[C@@H]1NCCS(=O)(=O)NC[C@H]1CCCCO1. The van der Waals surface area contributed by atoms with Gasteiger partial charge in [0.25, 0.3) is 0 Å². The molecule has 1 aliphatic heterocycles. The van der Waals surface area contributed by atoms with Crippen LogP contribution in [0.4, 0.5) is 0 Å². The van der Waals surface area contributed by atoms with E-state index in [0.29, 0.717) is 25.0 Å². The van der Waals surface area contributed by atoms with Gasteiger partial charge in [-0.2, -0.15) is 0 Å². The van der Waals surface area contributed by atoms with Crippen molar-refractivity contribution in [2.75, 3.05) is 25.4 Å². The standard InChI is InChI=1S/C14H28N2O3S/c1-12-5-4-7-14(12)15-8-10-20(17,18)16-11-13-6-2-3-9-19-13/h12-16H,2-11H2,1H3/t12-,13-,14+/m1/s1. The highest BCUT2D eigenvalue weighted by Gasteiger charge is 2.23. The molecule has 0 aromatic heterocycles. The minimum atomic E-state index is -3.18. The van der Waals surface area contributed by atoms with E-state index in [4.69, 9.17) is 4.74 Å². The van der Waals surface area contributed by atoms with Crippen molar-refractivity contribution < 1.29 is 13.2 Å². The minimum Gasteiger partial charge on any atom is -0.377 e. The van der Waals surface area contributed by atoms with Crippen LogP contribution in [0.1, 0.15) is 45.4 Å². The second-order valence-electron chi connectivity index (χ2n) is 6.12. The maximum absolute atomic E-state index is 11.9. The Balaban J connectivity index is 1.62. The van der Waals surface area contributed by atoms with E-state index >= 15 is 0 Å². The fourth-order valence-electron chi connectivity index (χ4n) is 3.09. The van der Waals surface area contributed by atoms with Crippen LogP contribution in [0, 0.1) is 5.92 Å². The highest BCUT2D eigenvalue weighted by molar-refractivity contribution is 7.89. The van der Waals surface area contributed by atoms with Crippen LogP contribution < -0.4 is 10.0 Å². The Morgan fingerprint density at radius 1 is 1.15 bits per heavy atom. The van der Waals surface area contributed by atoms with Gasteiger partial charge in [-0.05, 0) is 38.0 Å². The van der Waals surface area contributed by atoms with Crippen molar-refractivity contribution in [2.45, 2.75) is 57.6 Å². The van der Waals surface area contributed by atoms with Gasteiger partial charge in [0.05, 0.1) is 11.9 Å². The van der Waals surface area contributed by atoms with Crippen LogP contribution >= 0.6 is 0 Å². The first-order valence-electron chi connectivity index (χ1n) is 7.89. The Morgan fingerprint density at radius 2 is 2.00 bits per heavy atom. The predicted molar refractivity (Wildman–Crippen MR) is 80.2 cm³/mol. The molecule has 0 unspecified atom stereocenters. The molecule has 0 aromatic carbocycles. The largest absolute Gasteiger partial charge is 0.377 e. The molecular formula is C14H28N2O3S. The van der Waals surface area contributed by atoms with Gasteiger partial charge < -0.3 is 10.1 Å². The summed E-state index contributed by atoms with van der Waals surface area (Å²) in [5.74, 6) is 0.824. The molecule has 1 aliphatic carbocycles. The summed E-state index contributed by atoms with van der Waals surface area (Å²) in [7, 11) is -3.18. The average molecular weight is 304 g/mol. The number of nitrogens with one attached hydrogen (secondary N) is 2. The van der Waals surface area contributed by atoms with E-state index < -0.39 is 10.0 Å². The van der Waals surface area contributed by atoms with Gasteiger partial charge >= 0.3 is 0 Å². The van der Waals surface area contributed by atoms with Gasteiger partial charge in [-0.1, -0.05) is 13.3 Å². The van der Waals surface area contributed by atoms with Crippen molar-refractivity contribution in [2.24, 2.45) is 5.92 Å². The lowest BCUT2D eigenvalue weighted by molar-refractivity contribution is 0.0200. The summed E-state index contributed by atoms with van der Waals surface area (Å²) in [6, 6.07) is 0.492. The van der Waals surface area contributed by atoms with Crippen molar-refractivity contribution in [1.29, 1.82) is 0 Å². The smallest absolute Gasteiger partial charge is 0.212 e. The molecule has 1 saturated carbocycles. The summed E-state index contributed by atoms with van der Waals surface area (Å²) in [5, 5.41) is 3.38. The lowest BCUT2D eigenvalue weighted by Gasteiger charge is -2.23. The molecule has 1 saturated heterocycles. The van der Waals surface area contributed by atoms with Gasteiger partial charge in [0.15, 0.2) is 0 Å². The van der Waals surface area contributed by atoms with Crippen LogP contribution in [-0.2, 0) is 14.8 Å². The van der Waals surface area contributed by atoms with Crippen molar-refractivity contribution in [3.05, 3.63) is 0 Å². The van der Waals surface area contributed by atoms with Crippen molar-refractivity contribution in [3.8, 4) is 0 Å². The molecule has 0 bridgehead atoms. The zero-order valence-corrected chi connectivity index (χ0v) is 13.3. The Hall–Kier alpha value is -0.170. The highest BCUT2D eigenvalue weighted by atomic mass is 32.2. The van der Waals surface area contributed by atoms with Crippen molar-refractivity contribution in [1.82, 2.24) is 10.0 Å². The minimum absolute atomic E-state index is 0.0568. The first-order valence-corrected chi connectivity index (χ1v) is 9.54. The highest BCUT2D eigenvalue weighted by Crippen LogP contribution is 2.24. The average Bonchev–Trinajstić information content (AvgIpc) is 2.83. The number of sulfonamides is 1. The first kappa shape index (κ1) is 16.2. The van der Waals surface area contributed by atoms with Crippen molar-refractivity contribution in [3.63, 3.8) is 0 Å². The monoisotopic (exact) mass is 304 g/mol. The topological polar surface area (TPSA) is 67.4 Å². The molecule has 20 heavy (non-hydrogen) atoms. The summed E-state index contributed by atoms with van der Waals surface area (Å²) in [6.07, 6.45) is 6.91. The Labute approximate surface area is 122 Å². The maximum atomic E-state index is 11.9. The fourth-order valence-corrected chi connectivity index (χ4v) is 4.06. The van der Waals surface area contributed by atoms with E-state index in [1.807, 2.05) is 0 Å². The molecule has 2 fully saturated rings. The molecule has 6 heteroatoms. The Morgan fingerprint density at radius 3 is 2.65 bits per heavy atom. The van der Waals surface area contributed by atoms with Crippen molar-refractivity contribution >= 4 is 10.0 Å². The van der Waals surface area contributed by atoms with Crippen LogP contribution in [0.2, 0.25) is 0 Å². The van der Waals surface area contributed by atoms with Crippen LogP contribution in [0.3, 0.4) is 0 Å². The number of rotatable bonds is 7. The van der Waals surface area contributed by atoms with E-state index in [1.165, 1.54) is 19.3 Å². The van der Waals surface area contributed by atoms with Gasteiger partial charge in [-0.3, -0.25) is 0 Å². The third-order valence-corrected chi connectivity index (χ3v) is 5.79. The molecule has 1 heterocycles. The van der Waals surface area contributed by atoms with E-state index in [0.717, 1.165) is 25.9 Å². The second-order valence-corrected chi connectivity index (χ2v) is 8.05. The van der Waals surface area contributed by atoms with Crippen LogP contribution in [0.5, 0.6) is 0 Å². The molecule has 0 spiro atoms. The molecule has 2 N–H and O–H groups in total. The Kier molecular flexibility index (Phi) is 6.26. The molecule has 5 nitrogen and oxygen atoms in total. The van der Waals surface area contributed by atoms with Gasteiger partial charge in [0.2, 0.25) is 10.0 Å². The summed E-state index contributed by atoms with van der Waals surface area (Å²) in [5.41, 5.74) is 0. The van der Waals surface area contributed by atoms with Gasteiger partial charge in [-0.15, -0.1) is 0 Å². The normalized spacial score (nSPS) is 31.6. The number of ether oxygens (including phenoxy) is 1. The zero-order chi connectivity index (χ0) is 14.4. The molecule has 0 amide bonds. The molecule has 118 valence electrons. The summed E-state index contributed by atoms with van der Waals surface area (Å²) < 4.78 is 32.0. The summed E-state index contributed by atoms with van der Waals surface area (Å²) in [6.45, 7) is 3.95. The quantitative estimate of drug-likeness (QED) is 0.743. The van der Waals surface area contributed by atoms with E-state index in [9.17, 15) is 8.42 Å². The zero-order valence-electron chi connectivity index (χ0n) is 12.4. The van der Waals surface area contributed by atoms with Gasteiger partial charge in [-0.25, -0.2) is 13.1 Å². The maximum Gasteiger partial charge on any atom is 0.212 e. The molecule has 2 rings (SSSR count). The third kappa shape index (κ3) is 5.31. The second kappa shape index (κ2) is 7.73. The van der Waals surface area contributed by atoms with E-state index in [2.05, 4.69) is 17.0 Å². The summed E-state index contributed by atoms with van der Waals surface area (Å²) >= 11 is 0. The number of hydrogen-bond donors (Lipinski definition) is 2. The van der Waals surface area contributed by atoms with Crippen LogP contribution in [0.15, 0.2) is 0 Å². The summed E-state index contributed by atoms with van der Waals surface area (Å²) in [4.78, 5) is 0. The Bertz CT molecular complexity index is 380. The molecular weight excluding hydrogens is 276 g/mol. The fraction of sp³-hybridized carbons (Fsp3) is 1.00. The number of hydrogen-bond acceptors (Lipinski definition) is 4.